The summed E-state index contributed by atoms with van der Waals surface area (Å²) in [5, 5.41) is 12.6. The topological polar surface area (TPSA) is 69.6 Å². The van der Waals surface area contributed by atoms with Crippen LogP contribution < -0.4 is 0 Å². The summed E-state index contributed by atoms with van der Waals surface area (Å²) in [4.78, 5) is 4.51. The summed E-state index contributed by atoms with van der Waals surface area (Å²) >= 11 is 0. The summed E-state index contributed by atoms with van der Waals surface area (Å²) in [6.07, 6.45) is 0. The molecule has 0 N–H and O–H groups in total. The zero-order chi connectivity index (χ0) is 17.4. The molecule has 0 radical (unpaired) electrons. The highest BCUT2D eigenvalue weighted by molar-refractivity contribution is 5.62. The zero-order valence-electron chi connectivity index (χ0n) is 14.3. The van der Waals surface area contributed by atoms with Crippen LogP contribution in [0.5, 0.6) is 0 Å². The molecule has 0 bridgehead atoms. The van der Waals surface area contributed by atoms with Crippen molar-refractivity contribution in [3.63, 3.8) is 0 Å². The van der Waals surface area contributed by atoms with E-state index < -0.39 is 0 Å². The van der Waals surface area contributed by atoms with E-state index in [9.17, 15) is 0 Å². The first-order chi connectivity index (χ1) is 12.1. The summed E-state index contributed by atoms with van der Waals surface area (Å²) < 4.78 is 7.24. The molecule has 25 heavy (non-hydrogen) atoms. The Hall–Kier alpha value is -3.28. The molecule has 0 aliphatic rings. The predicted octanol–water partition coefficient (Wildman–Crippen LogP) is 3.91. The molecule has 0 atom stereocenters. The van der Waals surface area contributed by atoms with Gasteiger partial charge in [-0.15, -0.1) is 5.10 Å². The molecule has 0 unspecified atom stereocenters. The average Bonchev–Trinajstić information content (AvgIpc) is 3.23. The largest absolute Gasteiger partial charge is 0.332 e. The van der Waals surface area contributed by atoms with Gasteiger partial charge in [-0.25, -0.2) is 4.68 Å². The van der Waals surface area contributed by atoms with E-state index in [-0.39, 0.29) is 0 Å². The Kier molecular flexibility index (Phi) is 3.65. The molecule has 0 spiro atoms. The van der Waals surface area contributed by atoms with E-state index in [1.165, 1.54) is 0 Å². The minimum Gasteiger partial charge on any atom is -0.332 e. The molecule has 124 valence electrons. The highest BCUT2D eigenvalue weighted by Crippen LogP contribution is 2.26. The third-order valence-electron chi connectivity index (χ3n) is 4.25. The number of para-hydroxylation sites is 1. The first-order valence-corrected chi connectivity index (χ1v) is 8.03. The van der Waals surface area contributed by atoms with Crippen LogP contribution in [-0.2, 0) is 0 Å². The molecule has 0 saturated heterocycles. The summed E-state index contributed by atoms with van der Waals surface area (Å²) in [7, 11) is 0. The Labute approximate surface area is 145 Å². The first kappa shape index (κ1) is 15.3. The Morgan fingerprint density at radius 1 is 0.880 bits per heavy atom. The number of benzene rings is 2. The lowest BCUT2D eigenvalue weighted by atomic mass is 10.1. The predicted molar refractivity (Wildman–Crippen MR) is 94.3 cm³/mol. The fourth-order valence-corrected chi connectivity index (χ4v) is 2.81. The van der Waals surface area contributed by atoms with Gasteiger partial charge in [0, 0.05) is 5.56 Å². The fraction of sp³-hybridized carbons (Fsp3) is 0.158. The van der Waals surface area contributed by atoms with Gasteiger partial charge in [-0.2, -0.15) is 4.98 Å². The van der Waals surface area contributed by atoms with Gasteiger partial charge in [0.05, 0.1) is 11.4 Å². The van der Waals surface area contributed by atoms with E-state index in [0.29, 0.717) is 17.4 Å². The van der Waals surface area contributed by atoms with Gasteiger partial charge >= 0.3 is 0 Å². The highest BCUT2D eigenvalue weighted by Gasteiger charge is 2.19. The highest BCUT2D eigenvalue weighted by atomic mass is 16.5. The lowest BCUT2D eigenvalue weighted by Crippen LogP contribution is -2.01. The smallest absolute Gasteiger partial charge is 0.280 e. The molecule has 6 heteroatoms. The number of aryl methyl sites for hydroxylation is 2. The third-order valence-corrected chi connectivity index (χ3v) is 4.25. The maximum absolute atomic E-state index is 5.44. The van der Waals surface area contributed by atoms with Crippen molar-refractivity contribution in [1.82, 2.24) is 25.1 Å². The molecule has 2 aromatic carbocycles. The summed E-state index contributed by atoms with van der Waals surface area (Å²) in [5.41, 5.74) is 5.59. The summed E-state index contributed by atoms with van der Waals surface area (Å²) in [5.74, 6) is 0.925. The van der Waals surface area contributed by atoms with Crippen molar-refractivity contribution in [1.29, 1.82) is 0 Å². The standard InChI is InChI=1S/C19H17N5O/c1-12-8-4-6-10-15(12)18-20-19(25-22-18)17-14(3)24(23-21-17)16-11-7-5-9-13(16)2/h4-11H,1-3H3. The Morgan fingerprint density at radius 2 is 1.60 bits per heavy atom. The van der Waals surface area contributed by atoms with Gasteiger partial charge in [-0.3, -0.25) is 0 Å². The average molecular weight is 331 g/mol. The van der Waals surface area contributed by atoms with E-state index in [4.69, 9.17) is 4.52 Å². The van der Waals surface area contributed by atoms with Crippen molar-refractivity contribution in [3.05, 3.63) is 65.4 Å². The number of nitrogens with zero attached hydrogens (tertiary/aromatic N) is 5. The molecule has 0 amide bonds. The van der Waals surface area contributed by atoms with Gasteiger partial charge in [0.1, 0.15) is 0 Å². The van der Waals surface area contributed by atoms with Gasteiger partial charge in [0.2, 0.25) is 5.82 Å². The molecule has 0 saturated carbocycles. The Balaban J connectivity index is 1.75. The van der Waals surface area contributed by atoms with E-state index in [1.807, 2.05) is 69.3 Å². The van der Waals surface area contributed by atoms with Crippen molar-refractivity contribution in [2.75, 3.05) is 0 Å². The second-order valence-electron chi connectivity index (χ2n) is 5.96. The number of hydrogen-bond acceptors (Lipinski definition) is 5. The maximum atomic E-state index is 5.44. The van der Waals surface area contributed by atoms with Crippen LogP contribution in [0.1, 0.15) is 16.8 Å². The van der Waals surface area contributed by atoms with Crippen LogP contribution >= 0.6 is 0 Å². The van der Waals surface area contributed by atoms with Crippen molar-refractivity contribution < 1.29 is 4.52 Å². The van der Waals surface area contributed by atoms with Crippen molar-refractivity contribution in [3.8, 4) is 28.7 Å². The fourth-order valence-electron chi connectivity index (χ4n) is 2.81. The molecule has 0 aliphatic heterocycles. The van der Waals surface area contributed by atoms with E-state index in [2.05, 4.69) is 20.5 Å². The molecular weight excluding hydrogens is 314 g/mol. The summed E-state index contributed by atoms with van der Waals surface area (Å²) in [6, 6.07) is 16.0. The number of aromatic nitrogens is 5. The van der Waals surface area contributed by atoms with Crippen molar-refractivity contribution in [2.24, 2.45) is 0 Å². The minimum atomic E-state index is 0.371. The SMILES string of the molecule is Cc1ccccc1-c1noc(-c2nnn(-c3ccccc3C)c2C)n1. The van der Waals surface area contributed by atoms with Gasteiger partial charge in [-0.1, -0.05) is 52.8 Å². The molecular formula is C19H17N5O. The summed E-state index contributed by atoms with van der Waals surface area (Å²) in [6.45, 7) is 6.00. The molecule has 0 aliphatic carbocycles. The lowest BCUT2D eigenvalue weighted by molar-refractivity contribution is 0.430. The van der Waals surface area contributed by atoms with Gasteiger partial charge in [0.15, 0.2) is 5.69 Å². The van der Waals surface area contributed by atoms with Crippen LogP contribution in [0.4, 0.5) is 0 Å². The van der Waals surface area contributed by atoms with E-state index in [1.54, 1.807) is 4.68 Å². The minimum absolute atomic E-state index is 0.371. The monoisotopic (exact) mass is 331 g/mol. The van der Waals surface area contributed by atoms with Crippen LogP contribution in [0.3, 0.4) is 0 Å². The van der Waals surface area contributed by atoms with Crippen LogP contribution in [0.2, 0.25) is 0 Å². The van der Waals surface area contributed by atoms with E-state index in [0.717, 1.165) is 28.1 Å². The second-order valence-corrected chi connectivity index (χ2v) is 5.96. The quantitative estimate of drug-likeness (QED) is 0.569. The first-order valence-electron chi connectivity index (χ1n) is 8.03. The van der Waals surface area contributed by atoms with E-state index >= 15 is 0 Å². The number of hydrogen-bond donors (Lipinski definition) is 0. The Bertz CT molecular complexity index is 1050. The molecule has 4 aromatic rings. The van der Waals surface area contributed by atoms with Crippen LogP contribution in [0.25, 0.3) is 28.7 Å². The molecule has 2 aromatic heterocycles. The van der Waals surface area contributed by atoms with Crippen LogP contribution in [-0.4, -0.2) is 25.1 Å². The molecule has 0 fully saturated rings. The van der Waals surface area contributed by atoms with Gasteiger partial charge in [0.25, 0.3) is 5.89 Å². The van der Waals surface area contributed by atoms with Gasteiger partial charge in [-0.05, 0) is 38.0 Å². The molecule has 4 rings (SSSR count). The van der Waals surface area contributed by atoms with Crippen molar-refractivity contribution >= 4 is 0 Å². The molecule has 6 nitrogen and oxygen atoms in total. The second kappa shape index (κ2) is 5.98. The Morgan fingerprint density at radius 3 is 2.36 bits per heavy atom. The zero-order valence-corrected chi connectivity index (χ0v) is 14.3. The van der Waals surface area contributed by atoms with Crippen LogP contribution in [0.15, 0.2) is 53.1 Å². The van der Waals surface area contributed by atoms with Crippen molar-refractivity contribution in [2.45, 2.75) is 20.8 Å². The normalized spacial score (nSPS) is 11.0. The van der Waals surface area contributed by atoms with Crippen LogP contribution in [0, 0.1) is 20.8 Å². The van der Waals surface area contributed by atoms with Gasteiger partial charge < -0.3 is 4.52 Å². The lowest BCUT2D eigenvalue weighted by Gasteiger charge is -2.06. The third kappa shape index (κ3) is 2.61. The molecule has 2 heterocycles. The number of rotatable bonds is 3. The maximum Gasteiger partial charge on any atom is 0.280 e.